The second-order valence-corrected chi connectivity index (χ2v) is 6.89. The van der Waals surface area contributed by atoms with Crippen LogP contribution in [0.15, 0.2) is 48.5 Å². The molecule has 0 radical (unpaired) electrons. The molecule has 3 rings (SSSR count). The Morgan fingerprint density at radius 1 is 0.964 bits per heavy atom. The number of carbonyl (C=O) groups is 2. The molecule has 148 valence electrons. The highest BCUT2D eigenvalue weighted by atomic mass is 16.5. The minimum atomic E-state index is -0.974. The molecule has 28 heavy (non-hydrogen) atoms. The van der Waals surface area contributed by atoms with Crippen molar-refractivity contribution in [1.29, 1.82) is 0 Å². The van der Waals surface area contributed by atoms with Crippen molar-refractivity contribution in [2.45, 2.75) is 38.5 Å². The minimum absolute atomic E-state index is 0.102. The lowest BCUT2D eigenvalue weighted by Gasteiger charge is -2.22. The Bertz CT molecular complexity index is 780. The fourth-order valence-electron chi connectivity index (χ4n) is 3.02. The van der Waals surface area contributed by atoms with Crippen molar-refractivity contribution >= 4 is 11.9 Å². The van der Waals surface area contributed by atoms with Crippen LogP contribution in [0.2, 0.25) is 0 Å². The van der Waals surface area contributed by atoms with Crippen molar-refractivity contribution in [2.75, 3.05) is 13.2 Å². The van der Waals surface area contributed by atoms with E-state index in [9.17, 15) is 9.59 Å². The van der Waals surface area contributed by atoms with E-state index in [1.54, 1.807) is 12.1 Å². The van der Waals surface area contributed by atoms with Crippen LogP contribution in [-0.2, 0) is 33.8 Å². The van der Waals surface area contributed by atoms with Crippen molar-refractivity contribution in [2.24, 2.45) is 0 Å². The molecule has 6 nitrogen and oxygen atoms in total. The maximum Gasteiger partial charge on any atom is 0.335 e. The lowest BCUT2D eigenvalue weighted by Crippen LogP contribution is -2.24. The first kappa shape index (κ1) is 20.0. The molecule has 2 aromatic rings. The van der Waals surface area contributed by atoms with Gasteiger partial charge in [0.2, 0.25) is 5.91 Å². The van der Waals surface area contributed by atoms with Crippen LogP contribution in [0, 0.1) is 0 Å². The largest absolute Gasteiger partial charge is 0.478 e. The highest BCUT2D eigenvalue weighted by molar-refractivity contribution is 5.87. The van der Waals surface area contributed by atoms with E-state index in [1.165, 1.54) is 12.1 Å². The molecule has 1 saturated heterocycles. The molecule has 1 aliphatic heterocycles. The average Bonchev–Trinajstić information content (AvgIpc) is 2.72. The second kappa shape index (κ2) is 10.0. The summed E-state index contributed by atoms with van der Waals surface area (Å²) in [6.45, 7) is 2.58. The first-order valence-electron chi connectivity index (χ1n) is 9.46. The van der Waals surface area contributed by atoms with E-state index >= 15 is 0 Å². The third-order valence-corrected chi connectivity index (χ3v) is 4.73. The van der Waals surface area contributed by atoms with E-state index in [-0.39, 0.29) is 24.0 Å². The van der Waals surface area contributed by atoms with Crippen molar-refractivity contribution in [1.82, 2.24) is 5.32 Å². The normalized spacial score (nSPS) is 14.6. The summed E-state index contributed by atoms with van der Waals surface area (Å²) >= 11 is 0. The summed E-state index contributed by atoms with van der Waals surface area (Å²) in [4.78, 5) is 22.9. The lowest BCUT2D eigenvalue weighted by atomic mass is 10.1. The number of hydrogen-bond acceptors (Lipinski definition) is 4. The molecule has 1 fully saturated rings. The number of carboxylic acids is 1. The molecule has 2 N–H and O–H groups in total. The Morgan fingerprint density at radius 2 is 1.57 bits per heavy atom. The molecule has 2 aromatic carbocycles. The van der Waals surface area contributed by atoms with Gasteiger partial charge >= 0.3 is 5.97 Å². The summed E-state index contributed by atoms with van der Waals surface area (Å²) < 4.78 is 11.2. The maximum absolute atomic E-state index is 12.1. The van der Waals surface area contributed by atoms with Crippen LogP contribution in [0.4, 0.5) is 0 Å². The number of amides is 1. The van der Waals surface area contributed by atoms with Crippen LogP contribution < -0.4 is 5.32 Å². The molecule has 0 unspecified atom stereocenters. The second-order valence-electron chi connectivity index (χ2n) is 6.89. The van der Waals surface area contributed by atoms with E-state index in [2.05, 4.69) is 5.32 Å². The summed E-state index contributed by atoms with van der Waals surface area (Å²) in [6, 6.07) is 14.4. The van der Waals surface area contributed by atoms with Gasteiger partial charge in [0.05, 0.1) is 24.7 Å². The first-order valence-corrected chi connectivity index (χ1v) is 9.46. The van der Waals surface area contributed by atoms with Gasteiger partial charge in [-0.1, -0.05) is 36.4 Å². The summed E-state index contributed by atoms with van der Waals surface area (Å²) in [7, 11) is 0. The Balaban J connectivity index is 1.41. The highest BCUT2D eigenvalue weighted by Crippen LogP contribution is 2.14. The molecule has 0 bridgehead atoms. The van der Waals surface area contributed by atoms with Crippen LogP contribution in [-0.4, -0.2) is 36.3 Å². The number of aromatic carboxylic acids is 1. The third kappa shape index (κ3) is 6.18. The predicted octanol–water partition coefficient (Wildman–Crippen LogP) is 2.94. The lowest BCUT2D eigenvalue weighted by molar-refractivity contribution is -0.120. The zero-order valence-electron chi connectivity index (χ0n) is 15.7. The Morgan fingerprint density at radius 3 is 2.21 bits per heavy atom. The third-order valence-electron chi connectivity index (χ3n) is 4.73. The molecule has 6 heteroatoms. The van der Waals surface area contributed by atoms with Crippen LogP contribution in [0.1, 0.15) is 39.9 Å². The molecule has 1 aliphatic rings. The number of hydrogen-bond donors (Lipinski definition) is 2. The molecule has 0 spiro atoms. The van der Waals surface area contributed by atoms with Crippen LogP contribution in [0.25, 0.3) is 0 Å². The van der Waals surface area contributed by atoms with Gasteiger partial charge in [0, 0.05) is 19.8 Å². The minimum Gasteiger partial charge on any atom is -0.478 e. The summed E-state index contributed by atoms with van der Waals surface area (Å²) in [5.41, 5.74) is 3.12. The quantitative estimate of drug-likeness (QED) is 0.732. The monoisotopic (exact) mass is 383 g/mol. The number of carbonyl (C=O) groups excluding carboxylic acids is 1. The first-order chi connectivity index (χ1) is 13.6. The number of rotatable bonds is 8. The van der Waals surface area contributed by atoms with Gasteiger partial charge < -0.3 is 19.9 Å². The van der Waals surface area contributed by atoms with Crippen molar-refractivity contribution in [3.05, 3.63) is 70.8 Å². The number of nitrogens with one attached hydrogen (secondary N) is 1. The molecule has 0 aliphatic carbocycles. The predicted molar refractivity (Wildman–Crippen MR) is 104 cm³/mol. The topological polar surface area (TPSA) is 84.9 Å². The average molecular weight is 383 g/mol. The van der Waals surface area contributed by atoms with Gasteiger partial charge in [0.15, 0.2) is 0 Å². The maximum atomic E-state index is 12.1. The standard InChI is InChI=1S/C22H25NO5/c24-21(13-16-5-7-19(8-6-16)22(25)26)23-14-17-1-3-18(4-2-17)15-28-20-9-11-27-12-10-20/h1-8,20H,9-15H2,(H,23,24)(H,25,26). The number of carboxylic acid groups (broad SMARTS) is 1. The Hall–Kier alpha value is -2.70. The van der Waals surface area contributed by atoms with Crippen molar-refractivity contribution < 1.29 is 24.2 Å². The molecule has 1 amide bonds. The zero-order chi connectivity index (χ0) is 19.8. The van der Waals surface area contributed by atoms with Gasteiger partial charge in [-0.2, -0.15) is 0 Å². The van der Waals surface area contributed by atoms with E-state index in [1.807, 2.05) is 24.3 Å². The van der Waals surface area contributed by atoms with E-state index < -0.39 is 5.97 Å². The number of ether oxygens (including phenoxy) is 2. The van der Waals surface area contributed by atoms with E-state index in [0.29, 0.717) is 13.2 Å². The van der Waals surface area contributed by atoms with Crippen LogP contribution in [0.5, 0.6) is 0 Å². The fourth-order valence-corrected chi connectivity index (χ4v) is 3.02. The van der Waals surface area contributed by atoms with Gasteiger partial charge in [0.25, 0.3) is 0 Å². The molecule has 0 atom stereocenters. The number of benzene rings is 2. The van der Waals surface area contributed by atoms with Crippen LogP contribution in [0.3, 0.4) is 0 Å². The molecule has 1 heterocycles. The molecule has 0 aromatic heterocycles. The van der Waals surface area contributed by atoms with E-state index in [0.717, 1.165) is 42.7 Å². The zero-order valence-corrected chi connectivity index (χ0v) is 15.7. The summed E-state index contributed by atoms with van der Waals surface area (Å²) in [6.07, 6.45) is 2.39. The Kier molecular flexibility index (Phi) is 7.17. The van der Waals surface area contributed by atoms with Gasteiger partial charge in [-0.25, -0.2) is 4.79 Å². The fraction of sp³-hybridized carbons (Fsp3) is 0.364. The van der Waals surface area contributed by atoms with Gasteiger partial charge in [-0.3, -0.25) is 4.79 Å². The van der Waals surface area contributed by atoms with Crippen molar-refractivity contribution in [3.8, 4) is 0 Å². The van der Waals surface area contributed by atoms with Gasteiger partial charge in [-0.15, -0.1) is 0 Å². The Labute approximate surface area is 164 Å². The van der Waals surface area contributed by atoms with Gasteiger partial charge in [0.1, 0.15) is 0 Å². The molecular weight excluding hydrogens is 358 g/mol. The molecule has 0 saturated carbocycles. The highest BCUT2D eigenvalue weighted by Gasteiger charge is 2.14. The van der Waals surface area contributed by atoms with E-state index in [4.69, 9.17) is 14.6 Å². The van der Waals surface area contributed by atoms with Gasteiger partial charge in [-0.05, 0) is 41.7 Å². The van der Waals surface area contributed by atoms with Crippen molar-refractivity contribution in [3.63, 3.8) is 0 Å². The summed E-state index contributed by atoms with van der Waals surface area (Å²) in [5, 5.41) is 11.8. The summed E-state index contributed by atoms with van der Waals surface area (Å²) in [5.74, 6) is -1.08. The molecular formula is C22H25NO5. The van der Waals surface area contributed by atoms with Crippen LogP contribution >= 0.6 is 0 Å². The SMILES string of the molecule is O=C(Cc1ccc(C(=O)O)cc1)NCc1ccc(COC2CCOCC2)cc1. The smallest absolute Gasteiger partial charge is 0.335 e.